The number of hydrogen-bond acceptors (Lipinski definition) is 4. The predicted octanol–water partition coefficient (Wildman–Crippen LogP) is 3.99. The van der Waals surface area contributed by atoms with Crippen molar-refractivity contribution in [2.45, 2.75) is 6.42 Å². The molecule has 1 aromatic heterocycles. The van der Waals surface area contributed by atoms with E-state index in [1.165, 1.54) is 12.1 Å². The van der Waals surface area contributed by atoms with Crippen molar-refractivity contribution in [3.63, 3.8) is 0 Å². The van der Waals surface area contributed by atoms with Crippen molar-refractivity contribution in [1.29, 1.82) is 0 Å². The molecule has 0 saturated carbocycles. The summed E-state index contributed by atoms with van der Waals surface area (Å²) < 4.78 is 5.43. The minimum absolute atomic E-state index is 0.114. The molecule has 0 bridgehead atoms. The lowest BCUT2D eigenvalue weighted by atomic mass is 10.1. The van der Waals surface area contributed by atoms with Gasteiger partial charge in [-0.3, -0.25) is 9.59 Å². The van der Waals surface area contributed by atoms with Gasteiger partial charge in [0.15, 0.2) is 5.58 Å². The van der Waals surface area contributed by atoms with Gasteiger partial charge in [0.25, 0.3) is 5.89 Å². The summed E-state index contributed by atoms with van der Waals surface area (Å²) in [6, 6.07) is 9.29. The fourth-order valence-electron chi connectivity index (χ4n) is 2.14. The van der Waals surface area contributed by atoms with Gasteiger partial charge in [-0.1, -0.05) is 29.3 Å². The zero-order valence-corrected chi connectivity index (χ0v) is 13.1. The third-order valence-electron chi connectivity index (χ3n) is 3.18. The molecule has 0 amide bonds. The van der Waals surface area contributed by atoms with Crippen molar-refractivity contribution in [3.05, 3.63) is 63.5 Å². The van der Waals surface area contributed by atoms with E-state index in [-0.39, 0.29) is 22.9 Å². The maximum Gasteiger partial charge on any atom is 0.307 e. The molecule has 0 aliphatic rings. The second kappa shape index (κ2) is 6.02. The molecule has 1 N–H and O–H groups in total. The van der Waals surface area contributed by atoms with Crippen LogP contribution in [0.15, 0.2) is 40.8 Å². The van der Waals surface area contributed by atoms with Crippen LogP contribution in [0.4, 0.5) is 0 Å². The third-order valence-corrected chi connectivity index (χ3v) is 3.73. The Morgan fingerprint density at radius 3 is 2.61 bits per heavy atom. The number of fused-ring (bicyclic) bond motifs is 1. The van der Waals surface area contributed by atoms with E-state index < -0.39 is 11.8 Å². The molecular weight excluding hydrogens is 341 g/mol. The van der Waals surface area contributed by atoms with E-state index in [4.69, 9.17) is 32.7 Å². The lowest BCUT2D eigenvalue weighted by molar-refractivity contribution is -0.136. The molecule has 7 heteroatoms. The van der Waals surface area contributed by atoms with Crippen molar-refractivity contribution < 1.29 is 19.1 Å². The van der Waals surface area contributed by atoms with Gasteiger partial charge in [0.2, 0.25) is 5.78 Å². The van der Waals surface area contributed by atoms with E-state index in [0.29, 0.717) is 21.7 Å². The molecule has 0 unspecified atom stereocenters. The first kappa shape index (κ1) is 15.5. The Bertz CT molecular complexity index is 933. The monoisotopic (exact) mass is 349 g/mol. The number of carbonyl (C=O) groups excluding carboxylic acids is 1. The number of rotatable bonds is 4. The van der Waals surface area contributed by atoms with Crippen molar-refractivity contribution in [1.82, 2.24) is 4.98 Å². The van der Waals surface area contributed by atoms with Gasteiger partial charge < -0.3 is 9.52 Å². The highest BCUT2D eigenvalue weighted by Crippen LogP contribution is 2.25. The molecule has 1 heterocycles. The van der Waals surface area contributed by atoms with Crippen molar-refractivity contribution in [2.75, 3.05) is 0 Å². The molecule has 0 saturated heterocycles. The molecule has 23 heavy (non-hydrogen) atoms. The summed E-state index contributed by atoms with van der Waals surface area (Å²) in [6.45, 7) is 0. The zero-order valence-electron chi connectivity index (χ0n) is 11.5. The van der Waals surface area contributed by atoms with E-state index in [2.05, 4.69) is 4.98 Å². The molecular formula is C16H9Cl2NO4. The highest BCUT2D eigenvalue weighted by Gasteiger charge is 2.19. The number of benzene rings is 2. The third kappa shape index (κ3) is 3.21. The molecule has 2 aromatic carbocycles. The Labute approximate surface area is 140 Å². The quantitative estimate of drug-likeness (QED) is 0.720. The Morgan fingerprint density at radius 1 is 1.13 bits per heavy atom. The normalized spacial score (nSPS) is 10.9. The number of nitrogens with zero attached hydrogens (tertiary/aromatic N) is 1. The molecule has 3 aromatic rings. The first-order valence-corrected chi connectivity index (χ1v) is 7.30. The van der Waals surface area contributed by atoms with Crippen LogP contribution in [0.5, 0.6) is 0 Å². The Kier molecular flexibility index (Phi) is 4.07. The van der Waals surface area contributed by atoms with Crippen LogP contribution < -0.4 is 0 Å². The lowest BCUT2D eigenvalue weighted by Crippen LogP contribution is -2.02. The largest absolute Gasteiger partial charge is 0.481 e. The number of carboxylic acids is 1. The van der Waals surface area contributed by atoms with Crippen LogP contribution in [0.1, 0.15) is 21.8 Å². The highest BCUT2D eigenvalue weighted by atomic mass is 35.5. The standard InChI is InChI=1S/C16H9Cl2NO4/c17-9-2-3-10(11(18)7-9)15(22)16-19-12-5-8(6-14(20)21)1-4-13(12)23-16/h1-5,7H,6H2,(H,20,21). The number of oxazole rings is 1. The summed E-state index contributed by atoms with van der Waals surface area (Å²) in [6.07, 6.45) is -0.130. The fraction of sp³-hybridized carbons (Fsp3) is 0.0625. The van der Waals surface area contributed by atoms with Gasteiger partial charge in [-0.05, 0) is 35.9 Å². The Hall–Kier alpha value is -2.37. The van der Waals surface area contributed by atoms with Crippen LogP contribution >= 0.6 is 23.2 Å². The molecule has 0 aliphatic carbocycles. The summed E-state index contributed by atoms with van der Waals surface area (Å²) in [5.74, 6) is -1.53. The molecule has 0 atom stereocenters. The van der Waals surface area contributed by atoms with Gasteiger partial charge >= 0.3 is 5.97 Å². The second-order valence-electron chi connectivity index (χ2n) is 4.84. The van der Waals surface area contributed by atoms with Gasteiger partial charge in [-0.25, -0.2) is 4.98 Å². The fourth-order valence-corrected chi connectivity index (χ4v) is 2.64. The summed E-state index contributed by atoms with van der Waals surface area (Å²) in [5, 5.41) is 9.43. The summed E-state index contributed by atoms with van der Waals surface area (Å²) in [7, 11) is 0. The summed E-state index contributed by atoms with van der Waals surface area (Å²) in [4.78, 5) is 27.3. The van der Waals surface area contributed by atoms with Crippen molar-refractivity contribution in [2.24, 2.45) is 0 Å². The Morgan fingerprint density at radius 2 is 1.91 bits per heavy atom. The van der Waals surface area contributed by atoms with E-state index >= 15 is 0 Å². The van der Waals surface area contributed by atoms with Crippen LogP contribution in [-0.2, 0) is 11.2 Å². The molecule has 0 fully saturated rings. The van der Waals surface area contributed by atoms with E-state index in [0.717, 1.165) is 0 Å². The number of halogens is 2. The number of aromatic nitrogens is 1. The molecule has 0 aliphatic heterocycles. The number of carbonyl (C=O) groups is 2. The van der Waals surface area contributed by atoms with Gasteiger partial charge in [0.1, 0.15) is 5.52 Å². The molecule has 0 radical (unpaired) electrons. The van der Waals surface area contributed by atoms with Gasteiger partial charge in [-0.2, -0.15) is 0 Å². The highest BCUT2D eigenvalue weighted by molar-refractivity contribution is 6.37. The van der Waals surface area contributed by atoms with Crippen LogP contribution in [0, 0.1) is 0 Å². The number of carboxylic acid groups (broad SMARTS) is 1. The second-order valence-corrected chi connectivity index (χ2v) is 5.69. The zero-order chi connectivity index (χ0) is 16.6. The summed E-state index contributed by atoms with van der Waals surface area (Å²) in [5.41, 5.74) is 1.61. The molecule has 0 spiro atoms. The topological polar surface area (TPSA) is 80.4 Å². The number of hydrogen-bond donors (Lipinski definition) is 1. The maximum atomic E-state index is 12.4. The Balaban J connectivity index is 1.99. The van der Waals surface area contributed by atoms with Gasteiger partial charge in [0.05, 0.1) is 11.4 Å². The SMILES string of the molecule is O=C(O)Cc1ccc2oc(C(=O)c3ccc(Cl)cc3Cl)nc2c1. The lowest BCUT2D eigenvalue weighted by Gasteiger charge is -2.00. The minimum Gasteiger partial charge on any atom is -0.481 e. The van der Waals surface area contributed by atoms with Gasteiger partial charge in [-0.15, -0.1) is 0 Å². The smallest absolute Gasteiger partial charge is 0.307 e. The first-order valence-electron chi connectivity index (χ1n) is 6.55. The average Bonchev–Trinajstić information content (AvgIpc) is 2.89. The predicted molar refractivity (Wildman–Crippen MR) is 85.2 cm³/mol. The van der Waals surface area contributed by atoms with Gasteiger partial charge in [0, 0.05) is 10.6 Å². The van der Waals surface area contributed by atoms with Crippen LogP contribution in [0.3, 0.4) is 0 Å². The van der Waals surface area contributed by atoms with E-state index in [1.807, 2.05) is 0 Å². The minimum atomic E-state index is -0.947. The van der Waals surface area contributed by atoms with Crippen LogP contribution in [0.2, 0.25) is 10.0 Å². The number of ketones is 1. The summed E-state index contributed by atoms with van der Waals surface area (Å²) >= 11 is 11.8. The molecule has 116 valence electrons. The van der Waals surface area contributed by atoms with E-state index in [1.54, 1.807) is 24.3 Å². The number of aliphatic carboxylic acids is 1. The average molecular weight is 350 g/mol. The first-order chi connectivity index (χ1) is 10.9. The van der Waals surface area contributed by atoms with Crippen LogP contribution in [0.25, 0.3) is 11.1 Å². The van der Waals surface area contributed by atoms with Crippen molar-refractivity contribution in [3.8, 4) is 0 Å². The molecule has 3 rings (SSSR count). The van der Waals surface area contributed by atoms with Crippen LogP contribution in [-0.4, -0.2) is 21.8 Å². The maximum absolute atomic E-state index is 12.4. The van der Waals surface area contributed by atoms with E-state index in [9.17, 15) is 9.59 Å². The van der Waals surface area contributed by atoms with Crippen molar-refractivity contribution >= 4 is 46.1 Å². The molecule has 5 nitrogen and oxygen atoms in total.